The first kappa shape index (κ1) is 34.3. The largest absolute Gasteiger partial charge is 0.385 e. The van der Waals surface area contributed by atoms with E-state index in [9.17, 15) is 110 Å². The standard InChI is InChI=1S/C13HF25/c14-1-2(15,16)4(19,20)6(23,24)8(27,28)10(31,32)12(35,36)13(37,38)11(33,34)9(29,30)7(25,26)5(21,22)3(1,17)18/h1H. The average Bonchev–Trinajstić information content (AvgIpc) is 2.70. The third-order valence-electron chi connectivity index (χ3n) is 5.02. The smallest absolute Gasteiger partial charge is 0.234 e. The van der Waals surface area contributed by atoms with Crippen molar-refractivity contribution < 1.29 is 110 Å². The zero-order chi connectivity index (χ0) is 31.6. The Morgan fingerprint density at radius 2 is 0.316 bits per heavy atom. The monoisotopic (exact) mass is 632 g/mol. The summed E-state index contributed by atoms with van der Waals surface area (Å²) in [6, 6.07) is 0. The fourth-order valence-corrected chi connectivity index (χ4v) is 2.54. The maximum atomic E-state index is 13.4. The maximum absolute atomic E-state index is 13.4. The van der Waals surface area contributed by atoms with Gasteiger partial charge in [-0.1, -0.05) is 0 Å². The van der Waals surface area contributed by atoms with E-state index in [0.717, 1.165) is 0 Å². The van der Waals surface area contributed by atoms with Gasteiger partial charge < -0.3 is 0 Å². The highest BCUT2D eigenvalue weighted by Gasteiger charge is 3.01. The number of hydrogen-bond acceptors (Lipinski definition) is 0. The van der Waals surface area contributed by atoms with Gasteiger partial charge in [0.15, 0.2) is 0 Å². The van der Waals surface area contributed by atoms with Crippen LogP contribution < -0.4 is 0 Å². The number of alkyl halides is 25. The first-order valence-electron chi connectivity index (χ1n) is 8.08. The van der Waals surface area contributed by atoms with E-state index >= 15 is 0 Å². The lowest BCUT2D eigenvalue weighted by Gasteiger charge is -2.44. The molecule has 0 heterocycles. The summed E-state index contributed by atoms with van der Waals surface area (Å²) in [7, 11) is 0. The second-order valence-electron chi connectivity index (χ2n) is 7.35. The van der Waals surface area contributed by atoms with Gasteiger partial charge in [0.05, 0.1) is 0 Å². The third-order valence-corrected chi connectivity index (χ3v) is 5.02. The zero-order valence-corrected chi connectivity index (χ0v) is 16.0. The molecular formula is C13HF25. The van der Waals surface area contributed by atoms with E-state index in [4.69, 9.17) is 0 Å². The zero-order valence-electron chi connectivity index (χ0n) is 16.0. The summed E-state index contributed by atoms with van der Waals surface area (Å²) in [5.41, 5.74) is 0. The van der Waals surface area contributed by atoms with Crippen molar-refractivity contribution in [1.29, 1.82) is 0 Å². The molecule has 0 atom stereocenters. The molecule has 228 valence electrons. The molecule has 0 aromatic heterocycles. The lowest BCUT2D eigenvalue weighted by Crippen LogP contribution is -2.77. The minimum Gasteiger partial charge on any atom is -0.234 e. The van der Waals surface area contributed by atoms with E-state index < -0.39 is 77.2 Å². The SMILES string of the molecule is FC1C(F)(F)C(F)(F)C(F)(F)C(F)(F)C(F)(F)C(F)(F)C(F)(F)C(F)(F)C(F)(F)C(F)(F)C(F)(F)C1(F)F. The first-order valence-corrected chi connectivity index (χ1v) is 8.08. The van der Waals surface area contributed by atoms with Crippen LogP contribution in [0.15, 0.2) is 0 Å². The lowest BCUT2D eigenvalue weighted by atomic mass is 9.85. The molecule has 0 spiro atoms. The quantitative estimate of drug-likeness (QED) is 0.238. The molecular weight excluding hydrogens is 631 g/mol. The molecule has 0 aromatic rings. The molecule has 0 bridgehead atoms. The van der Waals surface area contributed by atoms with Crippen LogP contribution in [0.2, 0.25) is 0 Å². The van der Waals surface area contributed by atoms with Crippen LogP contribution in [0.1, 0.15) is 0 Å². The minimum absolute atomic E-state index is 7.65. The Morgan fingerprint density at radius 1 is 0.211 bits per heavy atom. The van der Waals surface area contributed by atoms with Gasteiger partial charge in [-0.2, -0.15) is 105 Å². The predicted molar refractivity (Wildman–Crippen MR) is 64.3 cm³/mol. The molecule has 0 saturated heterocycles. The predicted octanol–water partition coefficient (Wildman–Crippen LogP) is 7.96. The molecule has 0 unspecified atom stereocenters. The number of halogens is 25. The van der Waals surface area contributed by atoms with Gasteiger partial charge in [0.1, 0.15) is 0 Å². The van der Waals surface area contributed by atoms with Crippen LogP contribution in [0.5, 0.6) is 0 Å². The Morgan fingerprint density at radius 3 is 0.447 bits per heavy atom. The van der Waals surface area contributed by atoms with Gasteiger partial charge in [-0.3, -0.25) is 0 Å². The summed E-state index contributed by atoms with van der Waals surface area (Å²) in [4.78, 5) is 0. The molecule has 1 saturated carbocycles. The molecule has 0 radical (unpaired) electrons. The average molecular weight is 632 g/mol. The van der Waals surface area contributed by atoms with Crippen LogP contribution in [0.3, 0.4) is 0 Å². The van der Waals surface area contributed by atoms with Crippen molar-refractivity contribution in [3.63, 3.8) is 0 Å². The van der Waals surface area contributed by atoms with E-state index in [1.807, 2.05) is 0 Å². The van der Waals surface area contributed by atoms with Gasteiger partial charge in [-0.05, 0) is 0 Å². The van der Waals surface area contributed by atoms with E-state index in [2.05, 4.69) is 0 Å². The molecule has 0 aliphatic heterocycles. The second-order valence-corrected chi connectivity index (χ2v) is 7.35. The van der Waals surface area contributed by atoms with Crippen LogP contribution in [-0.2, 0) is 0 Å². The summed E-state index contributed by atoms with van der Waals surface area (Å²) >= 11 is 0. The van der Waals surface area contributed by atoms with Crippen molar-refractivity contribution >= 4 is 0 Å². The minimum atomic E-state index is -9.51. The van der Waals surface area contributed by atoms with Crippen LogP contribution in [0.4, 0.5) is 110 Å². The molecule has 0 amide bonds. The molecule has 1 rings (SSSR count). The van der Waals surface area contributed by atoms with Crippen molar-refractivity contribution in [1.82, 2.24) is 0 Å². The van der Waals surface area contributed by atoms with Crippen molar-refractivity contribution in [2.75, 3.05) is 0 Å². The Hall–Kier alpha value is -1.75. The molecule has 1 aliphatic carbocycles. The Labute approximate surface area is 188 Å². The number of rotatable bonds is 0. The second kappa shape index (κ2) is 7.71. The number of hydrogen-bond donors (Lipinski definition) is 0. The highest BCUT2D eigenvalue weighted by Crippen LogP contribution is 2.69. The van der Waals surface area contributed by atoms with Crippen LogP contribution in [0.25, 0.3) is 0 Å². The topological polar surface area (TPSA) is 0 Å². The molecule has 0 aromatic carbocycles. The Balaban J connectivity index is 4.56. The summed E-state index contributed by atoms with van der Waals surface area (Å²) in [5, 5.41) is 0. The molecule has 25 heteroatoms. The molecule has 1 fully saturated rings. The Kier molecular flexibility index (Phi) is 6.95. The molecule has 38 heavy (non-hydrogen) atoms. The summed E-state index contributed by atoms with van der Waals surface area (Å²) in [6.45, 7) is 0. The van der Waals surface area contributed by atoms with Gasteiger partial charge >= 0.3 is 71.1 Å². The molecule has 0 nitrogen and oxygen atoms in total. The summed E-state index contributed by atoms with van der Waals surface area (Å²) < 4.78 is 336. The fourth-order valence-electron chi connectivity index (χ4n) is 2.54. The van der Waals surface area contributed by atoms with Gasteiger partial charge in [-0.15, -0.1) is 0 Å². The lowest BCUT2D eigenvalue weighted by molar-refractivity contribution is -0.473. The Bertz CT molecular complexity index is 848. The van der Waals surface area contributed by atoms with E-state index in [-0.39, 0.29) is 0 Å². The van der Waals surface area contributed by atoms with E-state index in [0.29, 0.717) is 0 Å². The molecule has 0 N–H and O–H groups in total. The summed E-state index contributed by atoms with van der Waals surface area (Å²) in [5.74, 6) is -112. The summed E-state index contributed by atoms with van der Waals surface area (Å²) in [6.07, 6.45) is -7.65. The van der Waals surface area contributed by atoms with Crippen LogP contribution in [0, 0.1) is 0 Å². The molecule has 1 aliphatic rings. The van der Waals surface area contributed by atoms with Crippen molar-refractivity contribution in [3.05, 3.63) is 0 Å². The highest BCUT2D eigenvalue weighted by atomic mass is 19.4. The third kappa shape index (κ3) is 3.17. The van der Waals surface area contributed by atoms with Crippen molar-refractivity contribution in [2.45, 2.75) is 77.2 Å². The maximum Gasteiger partial charge on any atom is 0.385 e. The van der Waals surface area contributed by atoms with Crippen molar-refractivity contribution in [3.8, 4) is 0 Å². The normalized spacial score (nSPS) is 33.7. The van der Waals surface area contributed by atoms with Crippen LogP contribution >= 0.6 is 0 Å². The van der Waals surface area contributed by atoms with Gasteiger partial charge in [0.2, 0.25) is 6.17 Å². The fraction of sp³-hybridized carbons (Fsp3) is 1.00. The highest BCUT2D eigenvalue weighted by molar-refractivity contribution is 5.23. The van der Waals surface area contributed by atoms with Crippen molar-refractivity contribution in [2.24, 2.45) is 0 Å². The van der Waals surface area contributed by atoms with Gasteiger partial charge in [0.25, 0.3) is 0 Å². The first-order chi connectivity index (χ1) is 15.9. The van der Waals surface area contributed by atoms with Gasteiger partial charge in [0, 0.05) is 0 Å². The van der Waals surface area contributed by atoms with E-state index in [1.54, 1.807) is 0 Å². The van der Waals surface area contributed by atoms with Gasteiger partial charge in [-0.25, -0.2) is 4.39 Å². The van der Waals surface area contributed by atoms with E-state index in [1.165, 1.54) is 0 Å². The van der Waals surface area contributed by atoms with Crippen LogP contribution in [-0.4, -0.2) is 77.2 Å².